The zero-order valence-corrected chi connectivity index (χ0v) is 21.3. The molecule has 0 saturated carbocycles. The van der Waals surface area contributed by atoms with Crippen LogP contribution in [-0.4, -0.2) is 28.0 Å². The van der Waals surface area contributed by atoms with Crippen molar-refractivity contribution in [2.24, 2.45) is 10.2 Å². The fourth-order valence-corrected chi connectivity index (χ4v) is 4.04. The van der Waals surface area contributed by atoms with E-state index < -0.39 is 11.4 Å². The molecule has 0 aliphatic heterocycles. The second-order valence-corrected chi connectivity index (χ2v) is 8.49. The monoisotopic (exact) mass is 552 g/mol. The van der Waals surface area contributed by atoms with Crippen LogP contribution in [0.2, 0.25) is 0 Å². The third kappa shape index (κ3) is 5.03. The van der Waals surface area contributed by atoms with Gasteiger partial charge in [-0.1, -0.05) is 28.1 Å². The number of aromatic nitrogens is 2. The van der Waals surface area contributed by atoms with Crippen molar-refractivity contribution in [1.29, 1.82) is 0 Å². The minimum Gasteiger partial charge on any atom is -0.495 e. The second kappa shape index (κ2) is 10.7. The Kier molecular flexibility index (Phi) is 7.42. The molecule has 10 heteroatoms. The van der Waals surface area contributed by atoms with Gasteiger partial charge in [0.1, 0.15) is 11.5 Å². The molecule has 0 spiro atoms. The fourth-order valence-electron chi connectivity index (χ4n) is 3.41. The molecule has 178 valence electrons. The maximum atomic E-state index is 13.5. The summed E-state index contributed by atoms with van der Waals surface area (Å²) in [6.07, 6.45) is 0. The molecule has 0 fully saturated rings. The summed E-state index contributed by atoms with van der Waals surface area (Å²) in [4.78, 5) is 13.5. The van der Waals surface area contributed by atoms with Gasteiger partial charge in [-0.05, 0) is 79.8 Å². The lowest BCUT2D eigenvalue weighted by Gasteiger charge is -2.17. The number of aromatic hydroxyl groups is 1. The first-order valence-electron chi connectivity index (χ1n) is 10.6. The van der Waals surface area contributed by atoms with Crippen LogP contribution in [0, 0.1) is 4.77 Å². The maximum absolute atomic E-state index is 13.5. The van der Waals surface area contributed by atoms with Crippen molar-refractivity contribution < 1.29 is 14.6 Å². The minimum atomic E-state index is -0.615. The number of hydrogen-bond acceptors (Lipinski definition) is 7. The van der Waals surface area contributed by atoms with E-state index in [4.69, 9.17) is 21.7 Å². The number of rotatable bonds is 7. The maximum Gasteiger partial charge on any atom is 0.290 e. The van der Waals surface area contributed by atoms with Crippen LogP contribution in [0.15, 0.2) is 92.3 Å². The zero-order valence-electron chi connectivity index (χ0n) is 18.9. The number of methoxy groups -OCH3 is 1. The summed E-state index contributed by atoms with van der Waals surface area (Å²) in [6, 6.07) is 21.0. The van der Waals surface area contributed by atoms with Crippen LogP contribution >= 0.6 is 28.1 Å². The van der Waals surface area contributed by atoms with Crippen LogP contribution in [0.4, 0.5) is 11.4 Å². The Labute approximate surface area is 214 Å². The van der Waals surface area contributed by atoms with E-state index >= 15 is 0 Å². The lowest BCUT2D eigenvalue weighted by Crippen LogP contribution is -2.23. The van der Waals surface area contributed by atoms with Gasteiger partial charge in [0.15, 0.2) is 4.77 Å². The van der Waals surface area contributed by atoms with Crippen LogP contribution < -0.4 is 15.0 Å². The highest BCUT2D eigenvalue weighted by Crippen LogP contribution is 2.33. The number of nitrogens with zero attached hydrogens (tertiary/aromatic N) is 4. The predicted molar refractivity (Wildman–Crippen MR) is 140 cm³/mol. The van der Waals surface area contributed by atoms with E-state index in [9.17, 15) is 9.90 Å². The Morgan fingerprint density at radius 1 is 0.971 bits per heavy atom. The summed E-state index contributed by atoms with van der Waals surface area (Å²) < 4.78 is 14.4. The molecule has 1 aromatic heterocycles. The van der Waals surface area contributed by atoms with Gasteiger partial charge >= 0.3 is 0 Å². The molecule has 4 aromatic rings. The van der Waals surface area contributed by atoms with Crippen LogP contribution in [-0.2, 0) is 0 Å². The number of azo groups is 1. The number of hydrogen-bond donors (Lipinski definition) is 1. The molecule has 0 unspecified atom stereocenters. The van der Waals surface area contributed by atoms with Crippen LogP contribution in [0.25, 0.3) is 11.4 Å². The molecule has 0 atom stereocenters. The average Bonchev–Trinajstić information content (AvgIpc) is 2.86. The fraction of sp³-hybridized carbons (Fsp3) is 0.120. The number of para-hydroxylation sites is 2. The highest BCUT2D eigenvalue weighted by Gasteiger charge is 2.21. The van der Waals surface area contributed by atoms with Crippen LogP contribution in [0.5, 0.6) is 17.4 Å². The van der Waals surface area contributed by atoms with Gasteiger partial charge in [-0.2, -0.15) is 5.11 Å². The van der Waals surface area contributed by atoms with E-state index in [1.165, 1.54) is 16.2 Å². The summed E-state index contributed by atoms with van der Waals surface area (Å²) in [5, 5.41) is 19.5. The van der Waals surface area contributed by atoms with Gasteiger partial charge in [0, 0.05) is 4.47 Å². The molecule has 0 radical (unpaired) electrons. The molecule has 4 rings (SSSR count). The van der Waals surface area contributed by atoms with Crippen molar-refractivity contribution >= 4 is 39.5 Å². The second-order valence-electron chi connectivity index (χ2n) is 7.21. The molecule has 0 aliphatic rings. The van der Waals surface area contributed by atoms with Crippen LogP contribution in [0.1, 0.15) is 6.92 Å². The van der Waals surface area contributed by atoms with Gasteiger partial charge in [0.25, 0.3) is 5.56 Å². The molecular formula is C25H21BrN4O4S. The minimum absolute atomic E-state index is 0.0411. The summed E-state index contributed by atoms with van der Waals surface area (Å²) >= 11 is 9.06. The van der Waals surface area contributed by atoms with E-state index in [1.54, 1.807) is 72.8 Å². The Morgan fingerprint density at radius 3 is 2.31 bits per heavy atom. The third-order valence-corrected chi connectivity index (χ3v) is 5.93. The number of benzene rings is 3. The molecule has 8 nitrogen and oxygen atoms in total. The standard InChI is InChI=1S/C25H21BrN4O4S/c1-3-34-19-14-10-17(11-15-19)27-28-22-23(31)29(18-12-8-16(26)9-13-18)25(35)30(24(22)32)20-6-4-5-7-21(20)33-2/h4-15,32H,3H2,1-2H3. The Bertz CT molecular complexity index is 1500. The first kappa shape index (κ1) is 24.4. The number of ether oxygens (including phenoxy) is 2. The van der Waals surface area contributed by atoms with Gasteiger partial charge in [0.05, 0.1) is 30.8 Å². The summed E-state index contributed by atoms with van der Waals surface area (Å²) in [5.74, 6) is 0.693. The number of halogens is 1. The SMILES string of the molecule is CCOc1ccc(N=Nc2c(O)n(-c3ccccc3OC)c(=S)n(-c3ccc(Br)cc3)c2=O)cc1. The highest BCUT2D eigenvalue weighted by molar-refractivity contribution is 9.10. The van der Waals surface area contributed by atoms with Gasteiger partial charge < -0.3 is 14.6 Å². The van der Waals surface area contributed by atoms with Crippen molar-refractivity contribution in [3.8, 4) is 28.8 Å². The first-order valence-corrected chi connectivity index (χ1v) is 11.8. The summed E-state index contributed by atoms with van der Waals surface area (Å²) in [6.45, 7) is 2.44. The van der Waals surface area contributed by atoms with Gasteiger partial charge in [-0.15, -0.1) is 5.11 Å². The predicted octanol–water partition coefficient (Wildman–Crippen LogP) is 6.65. The largest absolute Gasteiger partial charge is 0.495 e. The van der Waals surface area contributed by atoms with E-state index in [0.29, 0.717) is 35.2 Å². The van der Waals surface area contributed by atoms with E-state index in [-0.39, 0.29) is 10.5 Å². The molecule has 1 heterocycles. The van der Waals surface area contributed by atoms with Crippen molar-refractivity contribution in [2.45, 2.75) is 6.92 Å². The van der Waals surface area contributed by atoms with Gasteiger partial charge in [-0.3, -0.25) is 13.9 Å². The van der Waals surface area contributed by atoms with Gasteiger partial charge in [0.2, 0.25) is 11.6 Å². The molecule has 35 heavy (non-hydrogen) atoms. The quantitative estimate of drug-likeness (QED) is 0.205. The summed E-state index contributed by atoms with van der Waals surface area (Å²) in [5.41, 5.74) is 0.538. The smallest absolute Gasteiger partial charge is 0.290 e. The van der Waals surface area contributed by atoms with Crippen LogP contribution in [0.3, 0.4) is 0 Å². The lowest BCUT2D eigenvalue weighted by atomic mass is 10.2. The molecule has 1 N–H and O–H groups in total. The first-order chi connectivity index (χ1) is 16.9. The van der Waals surface area contributed by atoms with Crippen molar-refractivity contribution in [2.75, 3.05) is 13.7 Å². The van der Waals surface area contributed by atoms with E-state index in [0.717, 1.165) is 4.47 Å². The average molecular weight is 553 g/mol. The molecule has 0 saturated heterocycles. The molecule has 0 bridgehead atoms. The van der Waals surface area contributed by atoms with Gasteiger partial charge in [-0.25, -0.2) is 0 Å². The van der Waals surface area contributed by atoms with Crippen molar-refractivity contribution in [1.82, 2.24) is 9.13 Å². The molecule has 3 aromatic carbocycles. The zero-order chi connectivity index (χ0) is 24.9. The topological polar surface area (TPSA) is 90.3 Å². The van der Waals surface area contributed by atoms with E-state index in [2.05, 4.69) is 26.2 Å². The Morgan fingerprint density at radius 2 is 1.66 bits per heavy atom. The molecule has 0 aliphatic carbocycles. The normalized spacial score (nSPS) is 11.1. The van der Waals surface area contributed by atoms with Crippen molar-refractivity contribution in [3.63, 3.8) is 0 Å². The lowest BCUT2D eigenvalue weighted by molar-refractivity contribution is 0.340. The summed E-state index contributed by atoms with van der Waals surface area (Å²) in [7, 11) is 1.51. The molecular weight excluding hydrogens is 532 g/mol. The Balaban J connectivity index is 1.95. The van der Waals surface area contributed by atoms with Crippen molar-refractivity contribution in [3.05, 3.63) is 92.4 Å². The van der Waals surface area contributed by atoms with E-state index in [1.807, 2.05) is 6.92 Å². The third-order valence-electron chi connectivity index (χ3n) is 5.04. The Hall–Kier alpha value is -3.76. The molecule has 0 amide bonds. The highest BCUT2D eigenvalue weighted by atomic mass is 79.9.